The molecule has 1 aromatic rings. The van der Waals surface area contributed by atoms with Crippen molar-refractivity contribution in [1.29, 1.82) is 0 Å². The molecule has 0 spiro atoms. The van der Waals surface area contributed by atoms with Gasteiger partial charge < -0.3 is 5.73 Å². The van der Waals surface area contributed by atoms with Gasteiger partial charge in [0, 0.05) is 21.8 Å². The average Bonchev–Trinajstić information content (AvgIpc) is 2.32. The van der Waals surface area contributed by atoms with E-state index in [1.54, 1.807) is 19.1 Å². The molecule has 1 unspecified atom stereocenters. The summed E-state index contributed by atoms with van der Waals surface area (Å²) < 4.78 is 22.7. The second kappa shape index (κ2) is 7.48. The van der Waals surface area contributed by atoms with Crippen LogP contribution < -0.4 is 5.73 Å². The molecule has 6 heteroatoms. The average molecular weight is 324 g/mol. The largest absolute Gasteiger partial charge is 0.327 e. The summed E-state index contributed by atoms with van der Waals surface area (Å²) in [6.07, 6.45) is 1.88. The zero-order chi connectivity index (χ0) is 14.5. The molecule has 2 N–H and O–H groups in total. The molecule has 0 bridgehead atoms. The van der Waals surface area contributed by atoms with Crippen LogP contribution in [-0.4, -0.2) is 26.0 Å². The van der Waals surface area contributed by atoms with Crippen molar-refractivity contribution >= 4 is 33.0 Å². The van der Waals surface area contributed by atoms with E-state index in [-0.39, 0.29) is 17.5 Å². The smallest absolute Gasteiger partial charge is 0.150 e. The lowest BCUT2D eigenvalue weighted by molar-refractivity contribution is 0.574. The molecule has 1 aromatic carbocycles. The lowest BCUT2D eigenvalue weighted by Crippen LogP contribution is -2.24. The Labute approximate surface area is 125 Å². The molecule has 0 aliphatic heterocycles. The van der Waals surface area contributed by atoms with Crippen LogP contribution in [0.4, 0.5) is 0 Å². The van der Waals surface area contributed by atoms with E-state index in [0.717, 1.165) is 5.56 Å². The first-order valence-electron chi connectivity index (χ1n) is 6.24. The van der Waals surface area contributed by atoms with Crippen molar-refractivity contribution in [2.45, 2.75) is 32.2 Å². The highest BCUT2D eigenvalue weighted by Crippen LogP contribution is 2.22. The predicted molar refractivity (Wildman–Crippen MR) is 81.7 cm³/mol. The zero-order valence-corrected chi connectivity index (χ0v) is 13.2. The molecule has 0 saturated heterocycles. The second-order valence-corrected chi connectivity index (χ2v) is 7.89. The molecule has 108 valence electrons. The summed E-state index contributed by atoms with van der Waals surface area (Å²) in [5, 5.41) is 1.19. The Kier molecular flexibility index (Phi) is 6.60. The van der Waals surface area contributed by atoms with E-state index in [1.165, 1.54) is 0 Å². The highest BCUT2D eigenvalue weighted by atomic mass is 35.5. The molecule has 0 heterocycles. The van der Waals surface area contributed by atoms with E-state index in [9.17, 15) is 8.42 Å². The van der Waals surface area contributed by atoms with Gasteiger partial charge in [-0.3, -0.25) is 0 Å². The van der Waals surface area contributed by atoms with Crippen molar-refractivity contribution in [3.05, 3.63) is 33.8 Å². The van der Waals surface area contributed by atoms with Crippen LogP contribution in [0.25, 0.3) is 0 Å². The highest BCUT2D eigenvalue weighted by molar-refractivity contribution is 7.91. The van der Waals surface area contributed by atoms with Crippen LogP contribution in [0.2, 0.25) is 10.0 Å². The Hall–Kier alpha value is -0.290. The van der Waals surface area contributed by atoms with Gasteiger partial charge in [-0.05, 0) is 37.0 Å². The van der Waals surface area contributed by atoms with Crippen LogP contribution in [0.5, 0.6) is 0 Å². The summed E-state index contributed by atoms with van der Waals surface area (Å²) in [5.74, 6) is 0.386. The van der Waals surface area contributed by atoms with Crippen molar-refractivity contribution in [2.75, 3.05) is 11.5 Å². The van der Waals surface area contributed by atoms with E-state index < -0.39 is 9.84 Å². The summed E-state index contributed by atoms with van der Waals surface area (Å²) in [6.45, 7) is 1.66. The monoisotopic (exact) mass is 323 g/mol. The van der Waals surface area contributed by atoms with E-state index in [1.807, 2.05) is 6.07 Å². The van der Waals surface area contributed by atoms with Crippen LogP contribution in [0.3, 0.4) is 0 Å². The Morgan fingerprint density at radius 2 is 2.00 bits per heavy atom. The summed E-state index contributed by atoms with van der Waals surface area (Å²) >= 11 is 11.9. The number of halogens is 2. The van der Waals surface area contributed by atoms with Gasteiger partial charge in [-0.2, -0.15) is 0 Å². The fourth-order valence-electron chi connectivity index (χ4n) is 1.78. The first kappa shape index (κ1) is 16.8. The fraction of sp³-hybridized carbons (Fsp3) is 0.538. The van der Waals surface area contributed by atoms with Crippen molar-refractivity contribution in [2.24, 2.45) is 5.73 Å². The standard InChI is InChI=1S/C13H19Cl2NO2S/c1-2-19(17,18)7-3-4-12(16)8-10-5-6-11(14)9-13(10)15/h5-6,9,12H,2-4,7-8,16H2,1H3. The number of hydrogen-bond acceptors (Lipinski definition) is 3. The molecule has 0 aliphatic carbocycles. The normalized spacial score (nSPS) is 13.5. The van der Waals surface area contributed by atoms with Crippen molar-refractivity contribution in [3.8, 4) is 0 Å². The van der Waals surface area contributed by atoms with E-state index in [4.69, 9.17) is 28.9 Å². The Balaban J connectivity index is 2.45. The Morgan fingerprint density at radius 3 is 2.58 bits per heavy atom. The van der Waals surface area contributed by atoms with Gasteiger partial charge in [0.2, 0.25) is 0 Å². The van der Waals surface area contributed by atoms with Crippen LogP contribution in [0, 0.1) is 0 Å². The summed E-state index contributed by atoms with van der Waals surface area (Å²) in [6, 6.07) is 5.22. The van der Waals surface area contributed by atoms with Crippen LogP contribution in [0.1, 0.15) is 25.3 Å². The van der Waals surface area contributed by atoms with Crippen molar-refractivity contribution in [3.63, 3.8) is 0 Å². The summed E-state index contributed by atoms with van der Waals surface area (Å²) in [7, 11) is -2.90. The molecule has 1 rings (SSSR count). The number of rotatable bonds is 7. The SMILES string of the molecule is CCS(=O)(=O)CCCC(N)Cc1ccc(Cl)cc1Cl. The Bertz CT molecular complexity index is 517. The third-order valence-electron chi connectivity index (χ3n) is 2.97. The Morgan fingerprint density at radius 1 is 1.32 bits per heavy atom. The number of sulfone groups is 1. The molecular formula is C13H19Cl2NO2S. The first-order valence-corrected chi connectivity index (χ1v) is 8.81. The maximum Gasteiger partial charge on any atom is 0.150 e. The molecule has 0 aromatic heterocycles. The van der Waals surface area contributed by atoms with Gasteiger partial charge in [0.1, 0.15) is 9.84 Å². The summed E-state index contributed by atoms with van der Waals surface area (Å²) in [5.41, 5.74) is 6.94. The number of hydrogen-bond donors (Lipinski definition) is 1. The third kappa shape index (κ3) is 6.13. The maximum atomic E-state index is 11.4. The molecule has 0 amide bonds. The lowest BCUT2D eigenvalue weighted by atomic mass is 10.0. The molecule has 1 atom stereocenters. The minimum atomic E-state index is -2.90. The minimum absolute atomic E-state index is 0.0919. The minimum Gasteiger partial charge on any atom is -0.327 e. The maximum absolute atomic E-state index is 11.4. The lowest BCUT2D eigenvalue weighted by Gasteiger charge is -2.12. The second-order valence-electron chi connectivity index (χ2n) is 4.58. The number of benzene rings is 1. The zero-order valence-electron chi connectivity index (χ0n) is 10.9. The molecule has 0 saturated carbocycles. The quantitative estimate of drug-likeness (QED) is 0.838. The molecular weight excluding hydrogens is 305 g/mol. The van der Waals surface area contributed by atoms with Gasteiger partial charge in [-0.25, -0.2) is 8.42 Å². The van der Waals surface area contributed by atoms with Crippen molar-refractivity contribution < 1.29 is 8.42 Å². The van der Waals surface area contributed by atoms with Crippen LogP contribution >= 0.6 is 23.2 Å². The highest BCUT2D eigenvalue weighted by Gasteiger charge is 2.11. The van der Waals surface area contributed by atoms with Crippen molar-refractivity contribution in [1.82, 2.24) is 0 Å². The van der Waals surface area contributed by atoms with Gasteiger partial charge in [-0.1, -0.05) is 36.2 Å². The molecule has 0 aliphatic rings. The van der Waals surface area contributed by atoms with Gasteiger partial charge in [-0.15, -0.1) is 0 Å². The fourth-order valence-corrected chi connectivity index (χ4v) is 3.16. The van der Waals surface area contributed by atoms with Crippen LogP contribution in [-0.2, 0) is 16.3 Å². The van der Waals surface area contributed by atoms with Crippen LogP contribution in [0.15, 0.2) is 18.2 Å². The molecule has 0 radical (unpaired) electrons. The molecule has 3 nitrogen and oxygen atoms in total. The number of nitrogens with two attached hydrogens (primary N) is 1. The molecule has 0 fully saturated rings. The predicted octanol–water partition coefficient (Wildman–Crippen LogP) is 3.08. The third-order valence-corrected chi connectivity index (χ3v) is 5.34. The van der Waals surface area contributed by atoms with Gasteiger partial charge in [0.15, 0.2) is 0 Å². The van der Waals surface area contributed by atoms with Gasteiger partial charge in [0.05, 0.1) is 5.75 Å². The van der Waals surface area contributed by atoms with E-state index >= 15 is 0 Å². The van der Waals surface area contributed by atoms with E-state index in [2.05, 4.69) is 0 Å². The first-order chi connectivity index (χ1) is 8.84. The van der Waals surface area contributed by atoms with Gasteiger partial charge >= 0.3 is 0 Å². The van der Waals surface area contributed by atoms with E-state index in [0.29, 0.717) is 29.3 Å². The molecule has 19 heavy (non-hydrogen) atoms. The van der Waals surface area contributed by atoms with Gasteiger partial charge in [0.25, 0.3) is 0 Å². The topological polar surface area (TPSA) is 60.2 Å². The summed E-state index contributed by atoms with van der Waals surface area (Å²) in [4.78, 5) is 0.